The van der Waals surface area contributed by atoms with E-state index in [2.05, 4.69) is 20.5 Å². The number of esters is 1. The molecule has 2 amide bonds. The fourth-order valence-corrected chi connectivity index (χ4v) is 2.27. The summed E-state index contributed by atoms with van der Waals surface area (Å²) >= 11 is 0. The molecule has 0 saturated heterocycles. The lowest BCUT2D eigenvalue weighted by Gasteiger charge is -2.24. The highest BCUT2D eigenvalue weighted by Gasteiger charge is 2.28. The maximum absolute atomic E-state index is 12.6. The monoisotopic (exact) mass is 368 g/mol. The van der Waals surface area contributed by atoms with Crippen molar-refractivity contribution in [1.82, 2.24) is 20.4 Å². The third-order valence-electron chi connectivity index (χ3n) is 3.43. The number of aryl methyl sites for hydroxylation is 2. The lowest BCUT2D eigenvalue weighted by atomic mass is 10.1. The van der Waals surface area contributed by atoms with Crippen molar-refractivity contribution in [2.45, 2.75) is 58.7 Å². The molecule has 26 heavy (non-hydrogen) atoms. The molecule has 1 aromatic heterocycles. The third-order valence-corrected chi connectivity index (χ3v) is 3.43. The molecule has 9 heteroatoms. The van der Waals surface area contributed by atoms with Crippen molar-refractivity contribution < 1.29 is 23.9 Å². The van der Waals surface area contributed by atoms with Crippen LogP contribution in [0, 0.1) is 6.92 Å². The van der Waals surface area contributed by atoms with Gasteiger partial charge in [-0.2, -0.15) is 5.10 Å². The number of rotatable bonds is 6. The van der Waals surface area contributed by atoms with Crippen molar-refractivity contribution in [3.63, 3.8) is 0 Å². The molecule has 0 aromatic carbocycles. The molecule has 0 bridgehead atoms. The smallest absolute Gasteiger partial charge is 0.408 e. The number of carbonyl (C=O) groups excluding carboxylic acids is 3. The Kier molecular flexibility index (Phi) is 7.17. The van der Waals surface area contributed by atoms with Crippen LogP contribution < -0.4 is 10.6 Å². The van der Waals surface area contributed by atoms with E-state index in [1.165, 1.54) is 14.0 Å². The second-order valence-corrected chi connectivity index (χ2v) is 7.06. The van der Waals surface area contributed by atoms with E-state index < -0.39 is 35.7 Å². The van der Waals surface area contributed by atoms with Crippen LogP contribution >= 0.6 is 0 Å². The average Bonchev–Trinajstić information content (AvgIpc) is 2.81. The lowest BCUT2D eigenvalue weighted by Crippen LogP contribution is -2.52. The molecule has 146 valence electrons. The summed E-state index contributed by atoms with van der Waals surface area (Å²) in [7, 11) is 2.99. The van der Waals surface area contributed by atoms with Gasteiger partial charge in [0.05, 0.1) is 12.8 Å². The molecule has 1 heterocycles. The number of nitrogens with zero attached hydrogens (tertiary/aromatic N) is 2. The molecule has 0 saturated carbocycles. The molecule has 0 spiro atoms. The van der Waals surface area contributed by atoms with E-state index in [4.69, 9.17) is 4.74 Å². The average molecular weight is 368 g/mol. The quantitative estimate of drug-likeness (QED) is 0.720. The highest BCUT2D eigenvalue weighted by Crippen LogP contribution is 2.09. The second kappa shape index (κ2) is 8.68. The van der Waals surface area contributed by atoms with Gasteiger partial charge in [0.25, 0.3) is 0 Å². The summed E-state index contributed by atoms with van der Waals surface area (Å²) in [4.78, 5) is 36.2. The standard InChI is InChI=1S/C17H28N4O5/c1-10-8-12(21(6)20-10)9-13(19-16(24)26-17(3,4)5)14(22)18-11(2)15(23)25-7/h8,11,13H,9H2,1-7H3,(H,18,22)(H,19,24)/t11-,13+/m1/s1. The number of carbonyl (C=O) groups is 3. The molecule has 2 atom stereocenters. The van der Waals surface area contributed by atoms with Crippen LogP contribution in [0.5, 0.6) is 0 Å². The van der Waals surface area contributed by atoms with Crippen molar-refractivity contribution in [2.24, 2.45) is 7.05 Å². The van der Waals surface area contributed by atoms with Gasteiger partial charge in [0, 0.05) is 19.2 Å². The maximum Gasteiger partial charge on any atom is 0.408 e. The summed E-state index contributed by atoms with van der Waals surface area (Å²) in [5.41, 5.74) is 0.847. The summed E-state index contributed by atoms with van der Waals surface area (Å²) in [5, 5.41) is 9.32. The van der Waals surface area contributed by atoms with Gasteiger partial charge >= 0.3 is 12.1 Å². The molecule has 0 radical (unpaired) electrons. The Morgan fingerprint density at radius 1 is 1.27 bits per heavy atom. The van der Waals surface area contributed by atoms with Crippen LogP contribution in [-0.2, 0) is 32.5 Å². The van der Waals surface area contributed by atoms with E-state index in [0.717, 1.165) is 11.4 Å². The van der Waals surface area contributed by atoms with Crippen LogP contribution in [0.4, 0.5) is 4.79 Å². The zero-order valence-electron chi connectivity index (χ0n) is 16.4. The molecular formula is C17H28N4O5. The first-order valence-corrected chi connectivity index (χ1v) is 8.30. The fourth-order valence-electron chi connectivity index (χ4n) is 2.27. The molecule has 2 N–H and O–H groups in total. The summed E-state index contributed by atoms with van der Waals surface area (Å²) in [5.74, 6) is -1.10. The summed E-state index contributed by atoms with van der Waals surface area (Å²) in [6.07, 6.45) is -0.529. The zero-order chi connectivity index (χ0) is 20.1. The van der Waals surface area contributed by atoms with Crippen LogP contribution in [0.3, 0.4) is 0 Å². The van der Waals surface area contributed by atoms with Gasteiger partial charge in [-0.05, 0) is 40.7 Å². The Balaban J connectivity index is 2.93. The number of aromatic nitrogens is 2. The normalized spacial score (nSPS) is 13.5. The van der Waals surface area contributed by atoms with Crippen molar-refractivity contribution in [3.8, 4) is 0 Å². The minimum Gasteiger partial charge on any atom is -0.467 e. The Hall–Kier alpha value is -2.58. The number of amides is 2. The summed E-state index contributed by atoms with van der Waals surface area (Å²) < 4.78 is 11.5. The largest absolute Gasteiger partial charge is 0.467 e. The fraction of sp³-hybridized carbons (Fsp3) is 0.647. The third kappa shape index (κ3) is 6.73. The highest BCUT2D eigenvalue weighted by molar-refractivity contribution is 5.89. The van der Waals surface area contributed by atoms with E-state index in [1.54, 1.807) is 32.5 Å². The van der Waals surface area contributed by atoms with Gasteiger partial charge in [-0.15, -0.1) is 0 Å². The van der Waals surface area contributed by atoms with Crippen LogP contribution in [0.2, 0.25) is 0 Å². The van der Waals surface area contributed by atoms with Crippen LogP contribution in [0.25, 0.3) is 0 Å². The minimum absolute atomic E-state index is 0.191. The molecule has 0 aliphatic rings. The SMILES string of the molecule is COC(=O)[C@@H](C)NC(=O)[C@H](Cc1cc(C)nn1C)NC(=O)OC(C)(C)C. The number of nitrogens with one attached hydrogen (secondary N) is 2. The number of alkyl carbamates (subject to hydrolysis) is 1. The number of hydrogen-bond donors (Lipinski definition) is 2. The van der Waals surface area contributed by atoms with Crippen LogP contribution in [0.1, 0.15) is 39.1 Å². The highest BCUT2D eigenvalue weighted by atomic mass is 16.6. The van der Waals surface area contributed by atoms with Gasteiger partial charge in [0.2, 0.25) is 5.91 Å². The summed E-state index contributed by atoms with van der Waals surface area (Å²) in [6, 6.07) is 0.0382. The van der Waals surface area contributed by atoms with Crippen molar-refractivity contribution >= 4 is 18.0 Å². The molecule has 0 aliphatic heterocycles. The molecule has 1 aromatic rings. The first kappa shape index (κ1) is 21.5. The van der Waals surface area contributed by atoms with Gasteiger partial charge in [0.15, 0.2) is 0 Å². The lowest BCUT2D eigenvalue weighted by molar-refractivity contribution is -0.144. The Morgan fingerprint density at radius 3 is 2.35 bits per heavy atom. The van der Waals surface area contributed by atoms with E-state index in [9.17, 15) is 14.4 Å². The van der Waals surface area contributed by atoms with Gasteiger partial charge in [-0.25, -0.2) is 9.59 Å². The first-order chi connectivity index (χ1) is 11.9. The molecule has 0 fully saturated rings. The number of ether oxygens (including phenoxy) is 2. The predicted molar refractivity (Wildman–Crippen MR) is 94.4 cm³/mol. The van der Waals surface area contributed by atoms with E-state index in [1.807, 2.05) is 13.0 Å². The van der Waals surface area contributed by atoms with Crippen LogP contribution in [0.15, 0.2) is 6.07 Å². The molecule has 9 nitrogen and oxygen atoms in total. The van der Waals surface area contributed by atoms with Crippen molar-refractivity contribution in [3.05, 3.63) is 17.5 Å². The predicted octanol–water partition coefficient (Wildman–Crippen LogP) is 0.842. The topological polar surface area (TPSA) is 112 Å². The Labute approximate surface area is 153 Å². The van der Waals surface area contributed by atoms with Gasteiger partial charge < -0.3 is 20.1 Å². The van der Waals surface area contributed by atoms with E-state index in [-0.39, 0.29) is 6.42 Å². The van der Waals surface area contributed by atoms with E-state index in [0.29, 0.717) is 0 Å². The van der Waals surface area contributed by atoms with Crippen molar-refractivity contribution in [2.75, 3.05) is 7.11 Å². The molecular weight excluding hydrogens is 340 g/mol. The van der Waals surface area contributed by atoms with E-state index >= 15 is 0 Å². The number of hydrogen-bond acceptors (Lipinski definition) is 6. The maximum atomic E-state index is 12.6. The summed E-state index contributed by atoms with van der Waals surface area (Å²) in [6.45, 7) is 8.52. The molecule has 0 unspecified atom stereocenters. The zero-order valence-corrected chi connectivity index (χ0v) is 16.4. The van der Waals surface area contributed by atoms with Gasteiger partial charge in [-0.1, -0.05) is 0 Å². The van der Waals surface area contributed by atoms with Crippen molar-refractivity contribution in [1.29, 1.82) is 0 Å². The van der Waals surface area contributed by atoms with Gasteiger partial charge in [0.1, 0.15) is 17.7 Å². The Morgan fingerprint density at radius 2 is 1.88 bits per heavy atom. The molecule has 1 rings (SSSR count). The molecule has 0 aliphatic carbocycles. The number of methoxy groups -OCH3 is 1. The van der Waals surface area contributed by atoms with Crippen LogP contribution in [-0.4, -0.2) is 52.5 Å². The second-order valence-electron chi connectivity index (χ2n) is 7.06. The Bertz CT molecular complexity index is 663. The minimum atomic E-state index is -0.938. The van der Waals surface area contributed by atoms with Gasteiger partial charge in [-0.3, -0.25) is 9.48 Å². The first-order valence-electron chi connectivity index (χ1n) is 8.30.